The fraction of sp³-hybridized carbons (Fsp3) is 0.385. The van der Waals surface area contributed by atoms with Gasteiger partial charge in [0.15, 0.2) is 0 Å². The van der Waals surface area contributed by atoms with E-state index < -0.39 is 17.9 Å². The molecule has 6 heteroatoms. The maximum atomic E-state index is 12.9. The van der Waals surface area contributed by atoms with Gasteiger partial charge in [0.1, 0.15) is 11.9 Å². The predicted molar refractivity (Wildman–Crippen MR) is 67.2 cm³/mol. The SMILES string of the molecule is CC1C(=O)N(CCCO)C(=O)N1c1ccc(F)cc1. The van der Waals surface area contributed by atoms with Gasteiger partial charge in [0.05, 0.1) is 0 Å². The first-order chi connectivity index (χ1) is 9.06. The van der Waals surface area contributed by atoms with Crippen LogP contribution in [0.25, 0.3) is 0 Å². The standard InChI is InChI=1S/C13H15FN2O3/c1-9-12(18)15(7-2-8-17)13(19)16(9)11-5-3-10(14)4-6-11/h3-6,9,17H,2,7-8H2,1H3. The van der Waals surface area contributed by atoms with Gasteiger partial charge in [-0.2, -0.15) is 0 Å². The summed E-state index contributed by atoms with van der Waals surface area (Å²) in [7, 11) is 0. The van der Waals surface area contributed by atoms with Gasteiger partial charge in [-0.05, 0) is 37.6 Å². The average Bonchev–Trinajstić information content (AvgIpc) is 2.60. The van der Waals surface area contributed by atoms with Gasteiger partial charge >= 0.3 is 6.03 Å². The van der Waals surface area contributed by atoms with Gasteiger partial charge in [-0.15, -0.1) is 0 Å². The van der Waals surface area contributed by atoms with Crippen molar-refractivity contribution >= 4 is 17.6 Å². The lowest BCUT2D eigenvalue weighted by atomic mass is 10.2. The van der Waals surface area contributed by atoms with Gasteiger partial charge < -0.3 is 5.11 Å². The van der Waals surface area contributed by atoms with Gasteiger partial charge in [-0.25, -0.2) is 9.18 Å². The van der Waals surface area contributed by atoms with Crippen LogP contribution in [0.1, 0.15) is 13.3 Å². The number of benzene rings is 1. The number of aliphatic hydroxyl groups is 1. The van der Waals surface area contributed by atoms with E-state index in [-0.39, 0.29) is 19.1 Å². The second-order valence-electron chi connectivity index (χ2n) is 4.37. The van der Waals surface area contributed by atoms with E-state index in [0.29, 0.717) is 12.1 Å². The van der Waals surface area contributed by atoms with Crippen molar-refractivity contribution in [1.82, 2.24) is 4.90 Å². The number of hydrogen-bond acceptors (Lipinski definition) is 3. The highest BCUT2D eigenvalue weighted by Crippen LogP contribution is 2.25. The molecule has 1 N–H and O–H groups in total. The number of hydrogen-bond donors (Lipinski definition) is 1. The van der Waals surface area contributed by atoms with Crippen LogP contribution in [0.4, 0.5) is 14.9 Å². The molecule has 1 aromatic carbocycles. The molecule has 0 spiro atoms. The average molecular weight is 266 g/mol. The minimum absolute atomic E-state index is 0.0814. The molecule has 1 aliphatic heterocycles. The van der Waals surface area contributed by atoms with Crippen molar-refractivity contribution in [2.24, 2.45) is 0 Å². The van der Waals surface area contributed by atoms with Gasteiger partial charge in [0, 0.05) is 18.8 Å². The molecule has 1 unspecified atom stereocenters. The Morgan fingerprint density at radius 3 is 2.47 bits per heavy atom. The van der Waals surface area contributed by atoms with Crippen molar-refractivity contribution in [3.05, 3.63) is 30.1 Å². The van der Waals surface area contributed by atoms with Crippen LogP contribution in [-0.4, -0.2) is 41.1 Å². The number of carbonyl (C=O) groups excluding carboxylic acids is 2. The molecule has 1 saturated heterocycles. The molecule has 1 atom stereocenters. The number of anilines is 1. The van der Waals surface area contributed by atoms with E-state index >= 15 is 0 Å². The van der Waals surface area contributed by atoms with E-state index in [2.05, 4.69) is 0 Å². The van der Waals surface area contributed by atoms with Crippen LogP contribution in [0.5, 0.6) is 0 Å². The summed E-state index contributed by atoms with van der Waals surface area (Å²) in [6, 6.07) is 4.38. The second-order valence-corrected chi connectivity index (χ2v) is 4.37. The molecule has 0 radical (unpaired) electrons. The Bertz CT molecular complexity index is 489. The molecule has 0 aromatic heterocycles. The molecule has 19 heavy (non-hydrogen) atoms. The van der Waals surface area contributed by atoms with Crippen molar-refractivity contribution < 1.29 is 19.1 Å². The van der Waals surface area contributed by atoms with Crippen LogP contribution in [0, 0.1) is 5.82 Å². The number of carbonyl (C=O) groups is 2. The zero-order chi connectivity index (χ0) is 14.0. The third kappa shape index (κ3) is 2.44. The fourth-order valence-electron chi connectivity index (χ4n) is 2.10. The highest BCUT2D eigenvalue weighted by Gasteiger charge is 2.42. The molecule has 1 aliphatic rings. The summed E-state index contributed by atoms with van der Waals surface area (Å²) in [5.74, 6) is -0.700. The summed E-state index contributed by atoms with van der Waals surface area (Å²) in [5.41, 5.74) is 0.485. The minimum Gasteiger partial charge on any atom is -0.396 e. The number of halogens is 1. The molecule has 5 nitrogen and oxygen atoms in total. The van der Waals surface area contributed by atoms with Crippen molar-refractivity contribution in [2.75, 3.05) is 18.1 Å². The van der Waals surface area contributed by atoms with Crippen molar-refractivity contribution in [2.45, 2.75) is 19.4 Å². The van der Waals surface area contributed by atoms with Crippen LogP contribution in [0.2, 0.25) is 0 Å². The van der Waals surface area contributed by atoms with Crippen molar-refractivity contribution in [3.63, 3.8) is 0 Å². The number of urea groups is 1. The van der Waals surface area contributed by atoms with Crippen LogP contribution < -0.4 is 4.90 Å². The summed E-state index contributed by atoms with van der Waals surface area (Å²) in [6.07, 6.45) is 0.349. The van der Waals surface area contributed by atoms with Crippen LogP contribution in [0.3, 0.4) is 0 Å². The first kappa shape index (κ1) is 13.5. The number of rotatable bonds is 4. The Labute approximate surface area is 110 Å². The monoisotopic (exact) mass is 266 g/mol. The highest BCUT2D eigenvalue weighted by atomic mass is 19.1. The smallest absolute Gasteiger partial charge is 0.331 e. The molecule has 3 amide bonds. The number of amides is 3. The molecular formula is C13H15FN2O3. The second kappa shape index (κ2) is 5.36. The molecule has 0 saturated carbocycles. The third-order valence-corrected chi connectivity index (χ3v) is 3.09. The lowest BCUT2D eigenvalue weighted by Crippen LogP contribution is -2.34. The van der Waals surface area contributed by atoms with E-state index in [1.807, 2.05) is 0 Å². The molecule has 1 fully saturated rings. The molecule has 0 aliphatic carbocycles. The lowest BCUT2D eigenvalue weighted by Gasteiger charge is -2.19. The van der Waals surface area contributed by atoms with Gasteiger partial charge in [0.2, 0.25) is 0 Å². The summed E-state index contributed by atoms with van der Waals surface area (Å²) in [4.78, 5) is 26.6. The Hall–Kier alpha value is -1.95. The van der Waals surface area contributed by atoms with Crippen LogP contribution in [-0.2, 0) is 4.79 Å². The number of imide groups is 1. The largest absolute Gasteiger partial charge is 0.396 e. The Balaban J connectivity index is 2.24. The molecule has 1 heterocycles. The summed E-state index contributed by atoms with van der Waals surface area (Å²) >= 11 is 0. The number of aliphatic hydroxyl groups excluding tert-OH is 1. The summed E-state index contributed by atoms with van der Waals surface area (Å²) < 4.78 is 12.9. The van der Waals surface area contributed by atoms with E-state index in [0.717, 1.165) is 4.90 Å². The van der Waals surface area contributed by atoms with Gasteiger partial charge in [-0.1, -0.05) is 0 Å². The molecule has 2 rings (SSSR count). The Morgan fingerprint density at radius 1 is 1.26 bits per heavy atom. The maximum absolute atomic E-state index is 12.9. The zero-order valence-electron chi connectivity index (χ0n) is 10.5. The molecule has 1 aromatic rings. The first-order valence-electron chi connectivity index (χ1n) is 6.07. The van der Waals surface area contributed by atoms with Crippen molar-refractivity contribution in [1.29, 1.82) is 0 Å². The zero-order valence-corrected chi connectivity index (χ0v) is 10.5. The first-order valence-corrected chi connectivity index (χ1v) is 6.07. The predicted octanol–water partition coefficient (Wildman–Crippen LogP) is 1.37. The topological polar surface area (TPSA) is 60.9 Å². The van der Waals surface area contributed by atoms with E-state index in [1.54, 1.807) is 6.92 Å². The highest BCUT2D eigenvalue weighted by molar-refractivity contribution is 6.14. The normalized spacial score (nSPS) is 19.4. The molecular weight excluding hydrogens is 251 g/mol. The maximum Gasteiger partial charge on any atom is 0.331 e. The Morgan fingerprint density at radius 2 is 1.89 bits per heavy atom. The van der Waals surface area contributed by atoms with Crippen molar-refractivity contribution in [3.8, 4) is 0 Å². The lowest BCUT2D eigenvalue weighted by molar-refractivity contribution is -0.127. The van der Waals surface area contributed by atoms with E-state index in [9.17, 15) is 14.0 Å². The summed E-state index contributed by atoms with van der Waals surface area (Å²) in [6.45, 7) is 1.74. The van der Waals surface area contributed by atoms with E-state index in [4.69, 9.17) is 5.11 Å². The molecule has 102 valence electrons. The molecule has 0 bridgehead atoms. The fourth-order valence-corrected chi connectivity index (χ4v) is 2.10. The Kier molecular flexibility index (Phi) is 3.80. The van der Waals surface area contributed by atoms with Crippen LogP contribution in [0.15, 0.2) is 24.3 Å². The number of nitrogens with zero attached hydrogens (tertiary/aromatic N) is 2. The summed E-state index contributed by atoms with van der Waals surface area (Å²) in [5, 5.41) is 8.77. The minimum atomic E-state index is -0.614. The third-order valence-electron chi connectivity index (χ3n) is 3.09. The quantitative estimate of drug-likeness (QED) is 0.837. The van der Waals surface area contributed by atoms with Gasteiger partial charge in [0.25, 0.3) is 5.91 Å². The van der Waals surface area contributed by atoms with Gasteiger partial charge in [-0.3, -0.25) is 14.6 Å². The van der Waals surface area contributed by atoms with Crippen LogP contribution >= 0.6 is 0 Å². The van der Waals surface area contributed by atoms with E-state index in [1.165, 1.54) is 29.2 Å².